The lowest BCUT2D eigenvalue weighted by molar-refractivity contribution is 0.0158. The number of piperazine rings is 1. The topological polar surface area (TPSA) is 58.6 Å². The molecule has 1 atom stereocenters. The summed E-state index contributed by atoms with van der Waals surface area (Å²) in [6.45, 7) is 9.59. The van der Waals surface area contributed by atoms with Gasteiger partial charge >= 0.3 is 6.09 Å². The zero-order valence-electron chi connectivity index (χ0n) is 12.8. The van der Waals surface area contributed by atoms with Crippen molar-refractivity contribution < 1.29 is 9.53 Å². The van der Waals surface area contributed by atoms with Crippen molar-refractivity contribution in [2.75, 3.05) is 24.5 Å². The Bertz CT molecular complexity index is 501. The fraction of sp³-hybridized carbons (Fsp3) is 0.643. The van der Waals surface area contributed by atoms with Crippen LogP contribution in [0, 0.1) is 0 Å². The highest BCUT2D eigenvalue weighted by atomic mass is 35.5. The summed E-state index contributed by atoms with van der Waals surface area (Å²) < 4.78 is 5.43. The Morgan fingerprint density at radius 3 is 2.57 bits per heavy atom. The molecule has 1 fully saturated rings. The van der Waals surface area contributed by atoms with Crippen LogP contribution in [0.2, 0.25) is 5.15 Å². The molecule has 0 unspecified atom stereocenters. The number of rotatable bonds is 1. The monoisotopic (exact) mass is 312 g/mol. The summed E-state index contributed by atoms with van der Waals surface area (Å²) in [7, 11) is 0. The SMILES string of the molecule is C[C@H]1CN(c2ccc(Cl)nn2)CCN1C(=O)OC(C)(C)C. The first-order valence-corrected chi connectivity index (χ1v) is 7.38. The fourth-order valence-corrected chi connectivity index (χ4v) is 2.34. The summed E-state index contributed by atoms with van der Waals surface area (Å²) in [5.74, 6) is 0.773. The van der Waals surface area contributed by atoms with E-state index in [1.54, 1.807) is 11.0 Å². The van der Waals surface area contributed by atoms with Gasteiger partial charge < -0.3 is 14.5 Å². The molecule has 0 radical (unpaired) electrons. The van der Waals surface area contributed by atoms with Crippen LogP contribution in [0.25, 0.3) is 0 Å². The van der Waals surface area contributed by atoms with E-state index in [-0.39, 0.29) is 12.1 Å². The van der Waals surface area contributed by atoms with Gasteiger partial charge in [0.25, 0.3) is 0 Å². The summed E-state index contributed by atoms with van der Waals surface area (Å²) in [5, 5.41) is 8.30. The molecular formula is C14H21ClN4O2. The third kappa shape index (κ3) is 4.20. The molecular weight excluding hydrogens is 292 g/mol. The van der Waals surface area contributed by atoms with Crippen molar-refractivity contribution in [2.45, 2.75) is 39.3 Å². The number of amides is 1. The lowest BCUT2D eigenvalue weighted by atomic mass is 10.2. The van der Waals surface area contributed by atoms with Crippen molar-refractivity contribution in [3.8, 4) is 0 Å². The first-order valence-electron chi connectivity index (χ1n) is 7.00. The minimum Gasteiger partial charge on any atom is -0.444 e. The van der Waals surface area contributed by atoms with Crippen LogP contribution in [-0.2, 0) is 4.74 Å². The highest BCUT2D eigenvalue weighted by Gasteiger charge is 2.31. The highest BCUT2D eigenvalue weighted by molar-refractivity contribution is 6.29. The van der Waals surface area contributed by atoms with E-state index in [0.29, 0.717) is 24.8 Å². The number of ether oxygens (including phenoxy) is 1. The fourth-order valence-electron chi connectivity index (χ4n) is 2.24. The van der Waals surface area contributed by atoms with Crippen LogP contribution in [0.5, 0.6) is 0 Å². The Kier molecular flexibility index (Phi) is 4.56. The van der Waals surface area contributed by atoms with Gasteiger partial charge in [-0.2, -0.15) is 0 Å². The molecule has 0 aliphatic carbocycles. The minimum atomic E-state index is -0.477. The Hall–Kier alpha value is -1.56. The highest BCUT2D eigenvalue weighted by Crippen LogP contribution is 2.19. The third-order valence-corrected chi connectivity index (χ3v) is 3.40. The van der Waals surface area contributed by atoms with Crippen LogP contribution in [0.1, 0.15) is 27.7 Å². The molecule has 7 heteroatoms. The second kappa shape index (κ2) is 6.05. The molecule has 6 nitrogen and oxygen atoms in total. The molecule has 1 saturated heterocycles. The molecule has 2 rings (SSSR count). The maximum Gasteiger partial charge on any atom is 0.410 e. The number of carbonyl (C=O) groups excluding carboxylic acids is 1. The normalized spacial score (nSPS) is 19.6. The maximum atomic E-state index is 12.2. The van der Waals surface area contributed by atoms with Gasteiger partial charge in [-0.3, -0.25) is 0 Å². The summed E-state index contributed by atoms with van der Waals surface area (Å²) in [4.78, 5) is 16.0. The average molecular weight is 313 g/mol. The van der Waals surface area contributed by atoms with Crippen LogP contribution in [0.4, 0.5) is 10.6 Å². The number of carbonyl (C=O) groups is 1. The van der Waals surface area contributed by atoms with Gasteiger partial charge in [0.15, 0.2) is 11.0 Å². The van der Waals surface area contributed by atoms with Crippen molar-refractivity contribution in [1.82, 2.24) is 15.1 Å². The van der Waals surface area contributed by atoms with Gasteiger partial charge in [-0.05, 0) is 39.8 Å². The van der Waals surface area contributed by atoms with E-state index in [4.69, 9.17) is 16.3 Å². The lowest BCUT2D eigenvalue weighted by Gasteiger charge is -2.40. The van der Waals surface area contributed by atoms with E-state index < -0.39 is 5.60 Å². The van der Waals surface area contributed by atoms with Crippen molar-refractivity contribution in [3.63, 3.8) is 0 Å². The number of halogens is 1. The number of hydrogen-bond acceptors (Lipinski definition) is 5. The molecule has 1 aromatic heterocycles. The molecule has 116 valence electrons. The van der Waals surface area contributed by atoms with E-state index in [2.05, 4.69) is 15.1 Å². The summed E-state index contributed by atoms with van der Waals surface area (Å²) in [6, 6.07) is 3.60. The molecule has 0 bridgehead atoms. The van der Waals surface area contributed by atoms with Gasteiger partial charge in [0.1, 0.15) is 5.60 Å². The number of nitrogens with zero attached hydrogens (tertiary/aromatic N) is 4. The number of aromatic nitrogens is 2. The minimum absolute atomic E-state index is 0.0473. The molecule has 21 heavy (non-hydrogen) atoms. The first kappa shape index (κ1) is 15.8. The van der Waals surface area contributed by atoms with Crippen molar-refractivity contribution in [1.29, 1.82) is 0 Å². The van der Waals surface area contributed by atoms with E-state index in [9.17, 15) is 4.79 Å². The van der Waals surface area contributed by atoms with Crippen LogP contribution < -0.4 is 4.90 Å². The summed E-state index contributed by atoms with van der Waals surface area (Å²) >= 11 is 5.74. The molecule has 1 aliphatic heterocycles. The molecule has 1 aliphatic rings. The summed E-state index contributed by atoms with van der Waals surface area (Å²) in [5.41, 5.74) is -0.477. The van der Waals surface area contributed by atoms with E-state index >= 15 is 0 Å². The van der Waals surface area contributed by atoms with Crippen LogP contribution in [0.3, 0.4) is 0 Å². The molecule has 0 saturated carbocycles. The molecule has 0 N–H and O–H groups in total. The molecule has 0 aromatic carbocycles. The molecule has 1 amide bonds. The molecule has 1 aromatic rings. The van der Waals surface area contributed by atoms with Crippen LogP contribution in [-0.4, -0.2) is 52.5 Å². The van der Waals surface area contributed by atoms with Gasteiger partial charge in [0, 0.05) is 25.7 Å². The maximum absolute atomic E-state index is 12.2. The van der Waals surface area contributed by atoms with Crippen molar-refractivity contribution in [2.24, 2.45) is 0 Å². The smallest absolute Gasteiger partial charge is 0.410 e. The Morgan fingerprint density at radius 2 is 2.05 bits per heavy atom. The van der Waals surface area contributed by atoms with Gasteiger partial charge in [-0.25, -0.2) is 4.79 Å². The predicted octanol–water partition coefficient (Wildman–Crippen LogP) is 2.58. The largest absolute Gasteiger partial charge is 0.444 e. The van der Waals surface area contributed by atoms with Gasteiger partial charge in [0.05, 0.1) is 0 Å². The van der Waals surface area contributed by atoms with Gasteiger partial charge in [0.2, 0.25) is 0 Å². The Morgan fingerprint density at radius 1 is 1.33 bits per heavy atom. The van der Waals surface area contributed by atoms with Gasteiger partial charge in [-0.1, -0.05) is 11.6 Å². The standard InChI is InChI=1S/C14H21ClN4O2/c1-10-9-18(12-6-5-11(15)16-17-12)7-8-19(10)13(20)21-14(2,3)4/h5-6,10H,7-9H2,1-4H3/t10-/m0/s1. The van der Waals surface area contributed by atoms with Crippen molar-refractivity contribution >= 4 is 23.5 Å². The summed E-state index contributed by atoms with van der Waals surface area (Å²) in [6.07, 6.45) is -0.267. The number of anilines is 1. The first-order chi connectivity index (χ1) is 9.76. The second-order valence-corrected chi connectivity index (χ2v) is 6.57. The average Bonchev–Trinajstić information content (AvgIpc) is 2.37. The second-order valence-electron chi connectivity index (χ2n) is 6.18. The van der Waals surface area contributed by atoms with E-state index in [0.717, 1.165) is 5.82 Å². The number of hydrogen-bond donors (Lipinski definition) is 0. The van der Waals surface area contributed by atoms with E-state index in [1.807, 2.05) is 33.8 Å². The van der Waals surface area contributed by atoms with Crippen LogP contribution in [0.15, 0.2) is 12.1 Å². The molecule has 2 heterocycles. The Balaban J connectivity index is 1.99. The van der Waals surface area contributed by atoms with Crippen LogP contribution >= 0.6 is 11.6 Å². The van der Waals surface area contributed by atoms with Crippen molar-refractivity contribution in [3.05, 3.63) is 17.3 Å². The quantitative estimate of drug-likeness (QED) is 0.797. The lowest BCUT2D eigenvalue weighted by Crippen LogP contribution is -2.55. The zero-order chi connectivity index (χ0) is 15.6. The predicted molar refractivity (Wildman–Crippen MR) is 81.7 cm³/mol. The zero-order valence-corrected chi connectivity index (χ0v) is 13.6. The van der Waals surface area contributed by atoms with Gasteiger partial charge in [-0.15, -0.1) is 10.2 Å². The Labute approximate surface area is 130 Å². The molecule has 0 spiro atoms. The third-order valence-electron chi connectivity index (χ3n) is 3.20. The van der Waals surface area contributed by atoms with E-state index in [1.165, 1.54) is 0 Å².